The van der Waals surface area contributed by atoms with Crippen LogP contribution in [0.1, 0.15) is 57.1 Å². The minimum absolute atomic E-state index is 0.0265. The first kappa shape index (κ1) is 20.4. The number of rotatable bonds is 4. The van der Waals surface area contributed by atoms with Gasteiger partial charge < -0.3 is 4.90 Å². The topological polar surface area (TPSA) is 84.3 Å². The van der Waals surface area contributed by atoms with E-state index in [0.717, 1.165) is 16.9 Å². The van der Waals surface area contributed by atoms with E-state index in [1.165, 1.54) is 0 Å². The zero-order chi connectivity index (χ0) is 21.0. The predicted octanol–water partition coefficient (Wildman–Crippen LogP) is 3.53. The molecule has 152 valence electrons. The first-order valence-electron chi connectivity index (χ1n) is 9.35. The fourth-order valence-corrected chi connectivity index (χ4v) is 4.95. The van der Waals surface area contributed by atoms with Crippen LogP contribution in [0.25, 0.3) is 0 Å². The highest BCUT2D eigenvalue weighted by atomic mass is 32.2. The molecule has 3 rings (SSSR count). The quantitative estimate of drug-likeness (QED) is 0.845. The maximum atomic E-state index is 13.1. The standard InChI is InChI=1S/C20H28N4O3S/c1-12(2)24-14(4)19(13(3)21-24)22-28(26,27)15-8-9-17-16(10-15)20(5,6)11-18(25)23(17)7/h8-10,12,22H,11H2,1-7H3. The number of nitrogens with zero attached hydrogens (tertiary/aromatic N) is 3. The Hall–Kier alpha value is -2.35. The van der Waals surface area contributed by atoms with Crippen molar-refractivity contribution in [1.29, 1.82) is 0 Å². The SMILES string of the molecule is Cc1nn(C(C)C)c(C)c1NS(=O)(=O)c1ccc2c(c1)C(C)(C)CC(=O)N2C. The van der Waals surface area contributed by atoms with Gasteiger partial charge in [-0.3, -0.25) is 14.2 Å². The van der Waals surface area contributed by atoms with Gasteiger partial charge in [-0.25, -0.2) is 8.42 Å². The van der Waals surface area contributed by atoms with E-state index in [2.05, 4.69) is 9.82 Å². The molecular formula is C20H28N4O3S. The van der Waals surface area contributed by atoms with Crippen LogP contribution >= 0.6 is 0 Å². The lowest BCUT2D eigenvalue weighted by Crippen LogP contribution is -2.39. The molecule has 0 bridgehead atoms. The van der Waals surface area contributed by atoms with Crippen molar-refractivity contribution in [1.82, 2.24) is 9.78 Å². The van der Waals surface area contributed by atoms with Gasteiger partial charge in [0.05, 0.1) is 22.0 Å². The number of anilines is 2. The Morgan fingerprint density at radius 3 is 2.43 bits per heavy atom. The Balaban J connectivity index is 2.04. The molecule has 0 saturated heterocycles. The first-order chi connectivity index (χ1) is 12.8. The van der Waals surface area contributed by atoms with Gasteiger partial charge in [-0.2, -0.15) is 5.10 Å². The van der Waals surface area contributed by atoms with Gasteiger partial charge in [0.2, 0.25) is 5.91 Å². The fraction of sp³-hybridized carbons (Fsp3) is 0.500. The van der Waals surface area contributed by atoms with Crippen molar-refractivity contribution in [2.75, 3.05) is 16.7 Å². The number of nitrogens with one attached hydrogen (secondary N) is 1. The number of fused-ring (bicyclic) bond motifs is 1. The Kier molecular flexibility index (Phi) is 4.82. The van der Waals surface area contributed by atoms with Crippen molar-refractivity contribution in [2.24, 2.45) is 0 Å². The third-order valence-electron chi connectivity index (χ3n) is 5.39. The average molecular weight is 405 g/mol. The number of benzene rings is 1. The van der Waals surface area contributed by atoms with Gasteiger partial charge in [0.25, 0.3) is 10.0 Å². The average Bonchev–Trinajstić information content (AvgIpc) is 2.87. The molecule has 0 saturated carbocycles. The third kappa shape index (κ3) is 3.30. The van der Waals surface area contributed by atoms with Crippen molar-refractivity contribution >= 4 is 27.3 Å². The number of amides is 1. The van der Waals surface area contributed by atoms with Crippen LogP contribution in [0.5, 0.6) is 0 Å². The Labute approximate surface area is 166 Å². The van der Waals surface area contributed by atoms with E-state index >= 15 is 0 Å². The molecule has 0 fully saturated rings. The van der Waals surface area contributed by atoms with Crippen molar-refractivity contribution in [3.05, 3.63) is 35.2 Å². The van der Waals surface area contributed by atoms with Gasteiger partial charge in [-0.15, -0.1) is 0 Å². The van der Waals surface area contributed by atoms with Gasteiger partial charge in [0.15, 0.2) is 0 Å². The molecule has 1 N–H and O–H groups in total. The maximum absolute atomic E-state index is 13.1. The molecule has 0 unspecified atom stereocenters. The lowest BCUT2D eigenvalue weighted by atomic mass is 9.77. The Morgan fingerprint density at radius 2 is 1.86 bits per heavy atom. The second-order valence-electron chi connectivity index (χ2n) is 8.38. The fourth-order valence-electron chi connectivity index (χ4n) is 3.75. The highest BCUT2D eigenvalue weighted by molar-refractivity contribution is 7.92. The molecule has 28 heavy (non-hydrogen) atoms. The molecule has 7 nitrogen and oxygen atoms in total. The summed E-state index contributed by atoms with van der Waals surface area (Å²) in [4.78, 5) is 14.0. The molecule has 8 heteroatoms. The van der Waals surface area contributed by atoms with E-state index in [4.69, 9.17) is 0 Å². The highest BCUT2D eigenvalue weighted by Crippen LogP contribution is 2.41. The van der Waals surface area contributed by atoms with E-state index in [0.29, 0.717) is 17.8 Å². The van der Waals surface area contributed by atoms with Gasteiger partial charge in [0, 0.05) is 30.6 Å². The molecule has 2 aromatic rings. The summed E-state index contributed by atoms with van der Waals surface area (Å²) in [6.07, 6.45) is 0.340. The first-order valence-corrected chi connectivity index (χ1v) is 10.8. The van der Waals surface area contributed by atoms with E-state index in [1.807, 2.05) is 39.3 Å². The number of aromatic nitrogens is 2. The number of sulfonamides is 1. The molecule has 2 heterocycles. The van der Waals surface area contributed by atoms with Crippen molar-refractivity contribution in [2.45, 2.75) is 64.3 Å². The lowest BCUT2D eigenvalue weighted by molar-refractivity contribution is -0.119. The maximum Gasteiger partial charge on any atom is 0.262 e. The summed E-state index contributed by atoms with van der Waals surface area (Å²) in [5.74, 6) is 0.0265. The van der Waals surface area contributed by atoms with Crippen LogP contribution in [0.2, 0.25) is 0 Å². The third-order valence-corrected chi connectivity index (χ3v) is 6.73. The molecule has 0 aliphatic carbocycles. The molecule has 1 amide bonds. The summed E-state index contributed by atoms with van der Waals surface area (Å²) in [5.41, 5.74) is 3.10. The summed E-state index contributed by atoms with van der Waals surface area (Å²) in [6, 6.07) is 5.07. The van der Waals surface area contributed by atoms with E-state index in [9.17, 15) is 13.2 Å². The van der Waals surface area contributed by atoms with E-state index in [-0.39, 0.29) is 16.8 Å². The molecule has 1 aliphatic rings. The normalized spacial score (nSPS) is 16.4. The van der Waals surface area contributed by atoms with Crippen LogP contribution in [0.4, 0.5) is 11.4 Å². The monoisotopic (exact) mass is 404 g/mol. The molecule has 1 aromatic carbocycles. The molecule has 0 spiro atoms. The van der Waals surface area contributed by atoms with Crippen molar-refractivity contribution in [3.63, 3.8) is 0 Å². The number of hydrogen-bond donors (Lipinski definition) is 1. The van der Waals surface area contributed by atoms with Crippen LogP contribution in [0.3, 0.4) is 0 Å². The number of carbonyl (C=O) groups is 1. The van der Waals surface area contributed by atoms with Crippen molar-refractivity contribution < 1.29 is 13.2 Å². The molecule has 1 aliphatic heterocycles. The van der Waals surface area contributed by atoms with Crippen LogP contribution < -0.4 is 9.62 Å². The summed E-state index contributed by atoms with van der Waals surface area (Å²) < 4.78 is 30.7. The Bertz CT molecular complexity index is 1050. The molecule has 0 radical (unpaired) electrons. The number of aryl methyl sites for hydroxylation is 1. The largest absolute Gasteiger partial charge is 0.315 e. The minimum Gasteiger partial charge on any atom is -0.315 e. The number of hydrogen-bond acceptors (Lipinski definition) is 4. The van der Waals surface area contributed by atoms with Crippen LogP contribution in [-0.4, -0.2) is 31.2 Å². The predicted molar refractivity (Wildman–Crippen MR) is 110 cm³/mol. The summed E-state index contributed by atoms with van der Waals surface area (Å²) in [7, 11) is -2.07. The molecular weight excluding hydrogens is 376 g/mol. The van der Waals surface area contributed by atoms with Crippen LogP contribution in [0, 0.1) is 13.8 Å². The molecule has 1 aromatic heterocycles. The lowest BCUT2D eigenvalue weighted by Gasteiger charge is -2.37. The van der Waals surface area contributed by atoms with E-state index in [1.54, 1.807) is 37.1 Å². The van der Waals surface area contributed by atoms with E-state index < -0.39 is 15.4 Å². The summed E-state index contributed by atoms with van der Waals surface area (Å²) in [6.45, 7) is 11.6. The van der Waals surface area contributed by atoms with Crippen LogP contribution in [0.15, 0.2) is 23.1 Å². The van der Waals surface area contributed by atoms with Gasteiger partial charge in [-0.1, -0.05) is 13.8 Å². The zero-order valence-corrected chi connectivity index (χ0v) is 18.3. The smallest absolute Gasteiger partial charge is 0.262 e. The van der Waals surface area contributed by atoms with Crippen molar-refractivity contribution in [3.8, 4) is 0 Å². The number of carbonyl (C=O) groups excluding carboxylic acids is 1. The summed E-state index contributed by atoms with van der Waals surface area (Å²) >= 11 is 0. The molecule has 0 atom stereocenters. The summed E-state index contributed by atoms with van der Waals surface area (Å²) in [5, 5.41) is 4.44. The second-order valence-corrected chi connectivity index (χ2v) is 10.1. The van der Waals surface area contributed by atoms with Crippen LogP contribution in [-0.2, 0) is 20.2 Å². The zero-order valence-electron chi connectivity index (χ0n) is 17.5. The van der Waals surface area contributed by atoms with Gasteiger partial charge in [-0.05, 0) is 51.5 Å². The second kappa shape index (κ2) is 6.62. The van der Waals surface area contributed by atoms with Gasteiger partial charge in [0.1, 0.15) is 0 Å². The minimum atomic E-state index is -3.79. The Morgan fingerprint density at radius 1 is 1.21 bits per heavy atom. The van der Waals surface area contributed by atoms with Gasteiger partial charge >= 0.3 is 0 Å². The highest BCUT2D eigenvalue weighted by Gasteiger charge is 2.36.